The number of nitrogens with one attached hydrogen (secondary N) is 2. The van der Waals surface area contributed by atoms with Crippen LogP contribution in [0.15, 0.2) is 97.1 Å². The zero-order valence-corrected chi connectivity index (χ0v) is 19.9. The fourth-order valence-corrected chi connectivity index (χ4v) is 3.39. The van der Waals surface area contributed by atoms with E-state index in [0.717, 1.165) is 22.7 Å². The molecule has 0 saturated heterocycles. The summed E-state index contributed by atoms with van der Waals surface area (Å²) < 4.78 is 30.3. The van der Waals surface area contributed by atoms with E-state index < -0.39 is 0 Å². The smallest absolute Gasteiger partial charge is 0.262 e. The van der Waals surface area contributed by atoms with Crippen molar-refractivity contribution < 1.29 is 23.4 Å². The van der Waals surface area contributed by atoms with Crippen LogP contribution < -0.4 is 24.8 Å². The van der Waals surface area contributed by atoms with E-state index in [4.69, 9.17) is 14.2 Å². The summed E-state index contributed by atoms with van der Waals surface area (Å²) in [5.74, 6) is 1.85. The second-order valence-electron chi connectivity index (χ2n) is 7.85. The Hall–Kier alpha value is -4.52. The highest BCUT2D eigenvalue weighted by molar-refractivity contribution is 5.91. The lowest BCUT2D eigenvalue weighted by Crippen LogP contribution is -2.20. The van der Waals surface area contributed by atoms with Crippen molar-refractivity contribution in [2.24, 2.45) is 0 Å². The summed E-state index contributed by atoms with van der Waals surface area (Å²) in [5, 5.41) is 6.05. The van der Waals surface area contributed by atoms with Crippen molar-refractivity contribution >= 4 is 17.3 Å². The SMILES string of the molecule is CCOc1cc(CNc2ccc(Oc3ccccc3)cc2)ccc1OCC(=O)Nc1ccc(F)cc1. The van der Waals surface area contributed by atoms with Crippen LogP contribution in [0.25, 0.3) is 0 Å². The molecule has 0 aliphatic carbocycles. The van der Waals surface area contributed by atoms with Gasteiger partial charge in [0.1, 0.15) is 17.3 Å². The molecule has 0 spiro atoms. The highest BCUT2D eigenvalue weighted by Gasteiger charge is 2.10. The van der Waals surface area contributed by atoms with E-state index in [9.17, 15) is 9.18 Å². The van der Waals surface area contributed by atoms with Gasteiger partial charge >= 0.3 is 0 Å². The third-order valence-electron chi connectivity index (χ3n) is 5.12. The number of hydrogen-bond acceptors (Lipinski definition) is 5. The minimum absolute atomic E-state index is 0.202. The number of para-hydroxylation sites is 1. The molecule has 6 nitrogen and oxygen atoms in total. The monoisotopic (exact) mass is 486 g/mol. The molecule has 2 N–H and O–H groups in total. The van der Waals surface area contributed by atoms with Gasteiger partial charge < -0.3 is 24.8 Å². The van der Waals surface area contributed by atoms with E-state index in [1.54, 1.807) is 6.07 Å². The summed E-state index contributed by atoms with van der Waals surface area (Å²) in [6.07, 6.45) is 0. The normalized spacial score (nSPS) is 10.4. The van der Waals surface area contributed by atoms with Crippen molar-refractivity contribution in [1.29, 1.82) is 0 Å². The predicted octanol–water partition coefficient (Wildman–Crippen LogP) is 6.65. The quantitative estimate of drug-likeness (QED) is 0.249. The van der Waals surface area contributed by atoms with Crippen molar-refractivity contribution in [1.82, 2.24) is 0 Å². The van der Waals surface area contributed by atoms with Gasteiger partial charge in [-0.2, -0.15) is 0 Å². The molecule has 0 aliphatic heterocycles. The number of carbonyl (C=O) groups is 1. The molecule has 7 heteroatoms. The lowest BCUT2D eigenvalue weighted by atomic mass is 10.2. The Balaban J connectivity index is 1.31. The summed E-state index contributed by atoms with van der Waals surface area (Å²) in [6.45, 7) is 2.71. The number of hydrogen-bond donors (Lipinski definition) is 2. The molecule has 0 unspecified atom stereocenters. The maximum absolute atomic E-state index is 13.0. The highest BCUT2D eigenvalue weighted by atomic mass is 19.1. The van der Waals surface area contributed by atoms with Crippen LogP contribution in [0, 0.1) is 5.82 Å². The summed E-state index contributed by atoms with van der Waals surface area (Å²) in [6, 6.07) is 28.5. The Morgan fingerprint density at radius 3 is 2.19 bits per heavy atom. The second kappa shape index (κ2) is 12.3. The second-order valence-corrected chi connectivity index (χ2v) is 7.85. The number of ether oxygens (including phenoxy) is 3. The third-order valence-corrected chi connectivity index (χ3v) is 5.12. The molecule has 0 bridgehead atoms. The highest BCUT2D eigenvalue weighted by Crippen LogP contribution is 2.29. The Bertz CT molecular complexity index is 1260. The van der Waals surface area contributed by atoms with Gasteiger partial charge in [0.25, 0.3) is 5.91 Å². The van der Waals surface area contributed by atoms with Gasteiger partial charge in [0.2, 0.25) is 0 Å². The van der Waals surface area contributed by atoms with Gasteiger partial charge in [-0.1, -0.05) is 24.3 Å². The molecule has 0 aliphatic rings. The third kappa shape index (κ3) is 7.24. The Morgan fingerprint density at radius 1 is 0.778 bits per heavy atom. The first kappa shape index (κ1) is 24.6. The molecule has 1 amide bonds. The molecular formula is C29H27FN2O4. The molecular weight excluding hydrogens is 459 g/mol. The van der Waals surface area contributed by atoms with E-state index in [1.165, 1.54) is 24.3 Å². The molecule has 0 aromatic heterocycles. The van der Waals surface area contributed by atoms with E-state index >= 15 is 0 Å². The predicted molar refractivity (Wildman–Crippen MR) is 138 cm³/mol. The van der Waals surface area contributed by atoms with Gasteiger partial charge in [0.15, 0.2) is 18.1 Å². The maximum atomic E-state index is 13.0. The molecule has 36 heavy (non-hydrogen) atoms. The minimum Gasteiger partial charge on any atom is -0.490 e. The summed E-state index contributed by atoms with van der Waals surface area (Å²) in [4.78, 5) is 12.2. The van der Waals surface area contributed by atoms with Crippen LogP contribution in [0.2, 0.25) is 0 Å². The van der Waals surface area contributed by atoms with Gasteiger partial charge in [-0.15, -0.1) is 0 Å². The fraction of sp³-hybridized carbons (Fsp3) is 0.138. The number of rotatable bonds is 11. The van der Waals surface area contributed by atoms with Gasteiger partial charge in [-0.3, -0.25) is 4.79 Å². The van der Waals surface area contributed by atoms with Crippen LogP contribution >= 0.6 is 0 Å². The number of anilines is 2. The molecule has 4 aromatic rings. The Morgan fingerprint density at radius 2 is 1.47 bits per heavy atom. The van der Waals surface area contributed by atoms with Crippen molar-refractivity contribution in [3.05, 3.63) is 108 Å². The molecule has 4 rings (SSSR count). The van der Waals surface area contributed by atoms with Crippen LogP contribution in [0.3, 0.4) is 0 Å². The Labute approximate surface area is 209 Å². The average Bonchev–Trinajstić information content (AvgIpc) is 2.90. The summed E-state index contributed by atoms with van der Waals surface area (Å²) in [7, 11) is 0. The summed E-state index contributed by atoms with van der Waals surface area (Å²) in [5.41, 5.74) is 2.44. The van der Waals surface area contributed by atoms with Gasteiger partial charge in [-0.05, 0) is 85.3 Å². The van der Waals surface area contributed by atoms with Crippen LogP contribution in [0.4, 0.5) is 15.8 Å². The maximum Gasteiger partial charge on any atom is 0.262 e. The largest absolute Gasteiger partial charge is 0.490 e. The van der Waals surface area contributed by atoms with E-state index in [0.29, 0.717) is 30.3 Å². The first-order chi connectivity index (χ1) is 17.6. The standard InChI is InChI=1S/C29H27FN2O4/c1-2-34-28-18-21(8-17-27(28)35-20-29(33)32-24-11-9-22(30)10-12-24)19-31-23-13-15-26(16-14-23)36-25-6-4-3-5-7-25/h3-18,31H,2,19-20H2,1H3,(H,32,33). The minimum atomic E-state index is -0.366. The molecule has 184 valence electrons. The molecule has 0 fully saturated rings. The zero-order chi connectivity index (χ0) is 25.2. The topological polar surface area (TPSA) is 68.8 Å². The van der Waals surface area contributed by atoms with E-state index in [1.807, 2.05) is 73.7 Å². The molecule has 0 atom stereocenters. The van der Waals surface area contributed by atoms with Crippen LogP contribution in [-0.2, 0) is 11.3 Å². The number of amides is 1. The Kier molecular flexibility index (Phi) is 8.38. The zero-order valence-electron chi connectivity index (χ0n) is 19.9. The molecule has 0 heterocycles. The fourth-order valence-electron chi connectivity index (χ4n) is 3.39. The van der Waals surface area contributed by atoms with Crippen molar-refractivity contribution in [2.45, 2.75) is 13.5 Å². The van der Waals surface area contributed by atoms with Gasteiger partial charge in [0.05, 0.1) is 6.61 Å². The summed E-state index contributed by atoms with van der Waals surface area (Å²) >= 11 is 0. The lowest BCUT2D eigenvalue weighted by Gasteiger charge is -2.14. The first-order valence-corrected chi connectivity index (χ1v) is 11.6. The number of benzene rings is 4. The van der Waals surface area contributed by atoms with Crippen LogP contribution in [-0.4, -0.2) is 19.1 Å². The first-order valence-electron chi connectivity index (χ1n) is 11.6. The average molecular weight is 487 g/mol. The molecule has 0 saturated carbocycles. The van der Waals surface area contributed by atoms with Crippen molar-refractivity contribution in [3.63, 3.8) is 0 Å². The van der Waals surface area contributed by atoms with Crippen LogP contribution in [0.5, 0.6) is 23.0 Å². The van der Waals surface area contributed by atoms with Crippen molar-refractivity contribution in [2.75, 3.05) is 23.8 Å². The van der Waals surface area contributed by atoms with Crippen LogP contribution in [0.1, 0.15) is 12.5 Å². The van der Waals surface area contributed by atoms with E-state index in [-0.39, 0.29) is 18.3 Å². The van der Waals surface area contributed by atoms with E-state index in [2.05, 4.69) is 10.6 Å². The number of carbonyl (C=O) groups excluding carboxylic acids is 1. The lowest BCUT2D eigenvalue weighted by molar-refractivity contribution is -0.118. The number of halogens is 1. The molecule has 4 aromatic carbocycles. The van der Waals surface area contributed by atoms with Gasteiger partial charge in [-0.25, -0.2) is 4.39 Å². The van der Waals surface area contributed by atoms with Crippen molar-refractivity contribution in [3.8, 4) is 23.0 Å². The van der Waals surface area contributed by atoms with Gasteiger partial charge in [0, 0.05) is 17.9 Å². The molecule has 0 radical (unpaired) electrons.